The number of aliphatic hydroxyl groups is 1. The van der Waals surface area contributed by atoms with Crippen molar-refractivity contribution in [3.8, 4) is 0 Å². The van der Waals surface area contributed by atoms with E-state index in [9.17, 15) is 4.79 Å². The van der Waals surface area contributed by atoms with E-state index in [4.69, 9.17) is 9.84 Å². The minimum atomic E-state index is -0.408. The molecule has 0 radical (unpaired) electrons. The van der Waals surface area contributed by atoms with Gasteiger partial charge in [0.2, 0.25) is 0 Å². The Morgan fingerprint density at radius 3 is 2.69 bits per heavy atom. The SMILES string of the molecule is CC(C)(C)SSCCOC(=O)NCCCO. The zero-order valence-corrected chi connectivity index (χ0v) is 11.7. The van der Waals surface area contributed by atoms with Gasteiger partial charge in [-0.1, -0.05) is 42.4 Å². The van der Waals surface area contributed by atoms with Gasteiger partial charge in [0, 0.05) is 23.7 Å². The fraction of sp³-hybridized carbons (Fsp3) is 0.900. The largest absolute Gasteiger partial charge is 0.449 e. The van der Waals surface area contributed by atoms with Crippen LogP contribution < -0.4 is 5.32 Å². The molecule has 4 nitrogen and oxygen atoms in total. The average molecular weight is 267 g/mol. The van der Waals surface area contributed by atoms with Gasteiger partial charge in [-0.3, -0.25) is 0 Å². The van der Waals surface area contributed by atoms with E-state index >= 15 is 0 Å². The first-order valence-electron chi connectivity index (χ1n) is 5.28. The van der Waals surface area contributed by atoms with Crippen LogP contribution >= 0.6 is 21.6 Å². The molecule has 0 aromatic rings. The number of hydrogen-bond acceptors (Lipinski definition) is 5. The lowest BCUT2D eigenvalue weighted by Crippen LogP contribution is -2.26. The third-order valence-corrected chi connectivity index (χ3v) is 4.62. The van der Waals surface area contributed by atoms with Crippen LogP contribution in [0, 0.1) is 0 Å². The summed E-state index contributed by atoms with van der Waals surface area (Å²) in [6.07, 6.45) is 0.152. The number of hydrogen-bond donors (Lipinski definition) is 2. The summed E-state index contributed by atoms with van der Waals surface area (Å²) in [4.78, 5) is 11.0. The highest BCUT2D eigenvalue weighted by Crippen LogP contribution is 2.34. The molecule has 0 spiro atoms. The summed E-state index contributed by atoms with van der Waals surface area (Å²) in [5.41, 5.74) is 0. The summed E-state index contributed by atoms with van der Waals surface area (Å²) in [7, 11) is 3.48. The number of amides is 1. The fourth-order valence-electron chi connectivity index (χ4n) is 0.707. The first-order valence-corrected chi connectivity index (χ1v) is 7.60. The third-order valence-electron chi connectivity index (χ3n) is 1.31. The maximum absolute atomic E-state index is 11.0. The standard InChI is InChI=1S/C10H21NO3S2/c1-10(2,3)16-15-8-7-14-9(13)11-5-4-6-12/h12H,4-8H2,1-3H3,(H,11,13). The Hall–Kier alpha value is -0.0700. The molecule has 1 amide bonds. The fourth-order valence-corrected chi connectivity index (χ4v) is 2.81. The van der Waals surface area contributed by atoms with Crippen LogP contribution in [-0.2, 0) is 4.74 Å². The van der Waals surface area contributed by atoms with Crippen LogP contribution in [0.2, 0.25) is 0 Å². The van der Waals surface area contributed by atoms with E-state index in [0.29, 0.717) is 19.6 Å². The summed E-state index contributed by atoms with van der Waals surface area (Å²) >= 11 is 0. The zero-order chi connectivity index (χ0) is 12.4. The summed E-state index contributed by atoms with van der Waals surface area (Å²) < 4.78 is 5.17. The molecule has 0 aromatic carbocycles. The van der Waals surface area contributed by atoms with Gasteiger partial charge >= 0.3 is 6.09 Å². The molecular formula is C10H21NO3S2. The van der Waals surface area contributed by atoms with E-state index in [0.717, 1.165) is 5.75 Å². The maximum atomic E-state index is 11.0. The van der Waals surface area contributed by atoms with Gasteiger partial charge in [0.05, 0.1) is 0 Å². The third kappa shape index (κ3) is 12.0. The van der Waals surface area contributed by atoms with Crippen molar-refractivity contribution in [2.45, 2.75) is 31.9 Å². The summed E-state index contributed by atoms with van der Waals surface area (Å²) in [5.74, 6) is 0.787. The molecule has 0 rings (SSSR count). The van der Waals surface area contributed by atoms with Crippen LogP contribution in [0.5, 0.6) is 0 Å². The smallest absolute Gasteiger partial charge is 0.407 e. The van der Waals surface area contributed by atoms with Crippen LogP contribution in [0.4, 0.5) is 4.79 Å². The molecule has 6 heteroatoms. The van der Waals surface area contributed by atoms with Gasteiger partial charge < -0.3 is 15.2 Å². The van der Waals surface area contributed by atoms with Gasteiger partial charge in [0.1, 0.15) is 6.61 Å². The topological polar surface area (TPSA) is 58.6 Å². The molecule has 0 fully saturated rings. The Labute approximate surface area is 105 Å². The van der Waals surface area contributed by atoms with Crippen LogP contribution in [0.1, 0.15) is 27.2 Å². The monoisotopic (exact) mass is 267 g/mol. The molecule has 0 aliphatic heterocycles. The number of alkyl carbamates (subject to hydrolysis) is 1. The number of carbonyl (C=O) groups is 1. The molecule has 0 bridgehead atoms. The minimum absolute atomic E-state index is 0.0817. The summed E-state index contributed by atoms with van der Waals surface area (Å²) in [5, 5.41) is 11.1. The van der Waals surface area contributed by atoms with Crippen LogP contribution in [0.15, 0.2) is 0 Å². The molecule has 16 heavy (non-hydrogen) atoms. The second-order valence-corrected chi connectivity index (χ2v) is 7.40. The Morgan fingerprint density at radius 1 is 1.44 bits per heavy atom. The molecule has 0 atom stereocenters. The normalized spacial score (nSPS) is 11.2. The highest BCUT2D eigenvalue weighted by atomic mass is 33.1. The number of aliphatic hydroxyl groups excluding tert-OH is 1. The van der Waals surface area contributed by atoms with Crippen molar-refractivity contribution in [3.63, 3.8) is 0 Å². The summed E-state index contributed by atoms with van der Waals surface area (Å²) in [6, 6.07) is 0. The van der Waals surface area contributed by atoms with Crippen molar-refractivity contribution >= 4 is 27.7 Å². The van der Waals surface area contributed by atoms with E-state index in [2.05, 4.69) is 26.1 Å². The molecule has 0 unspecified atom stereocenters. The van der Waals surface area contributed by atoms with E-state index in [1.165, 1.54) is 0 Å². The zero-order valence-electron chi connectivity index (χ0n) is 10.1. The van der Waals surface area contributed by atoms with E-state index in [-0.39, 0.29) is 11.4 Å². The van der Waals surface area contributed by atoms with Crippen molar-refractivity contribution in [2.75, 3.05) is 25.5 Å². The maximum Gasteiger partial charge on any atom is 0.407 e. The van der Waals surface area contributed by atoms with Crippen LogP contribution in [0.25, 0.3) is 0 Å². The molecule has 96 valence electrons. The second kappa shape index (κ2) is 9.01. The number of rotatable bonds is 7. The Kier molecular flexibility index (Phi) is 8.97. The average Bonchev–Trinajstić information content (AvgIpc) is 2.16. The quantitative estimate of drug-likeness (QED) is 0.547. The second-order valence-electron chi connectivity index (χ2n) is 4.16. The first-order chi connectivity index (χ1) is 7.45. The first kappa shape index (κ1) is 15.9. The van der Waals surface area contributed by atoms with Gasteiger partial charge in [-0.15, -0.1) is 0 Å². The lowest BCUT2D eigenvalue weighted by molar-refractivity contribution is 0.152. The molecule has 2 N–H and O–H groups in total. The summed E-state index contributed by atoms with van der Waals surface area (Å²) in [6.45, 7) is 7.39. The molecule has 0 aliphatic carbocycles. The van der Waals surface area contributed by atoms with Crippen LogP contribution in [-0.4, -0.2) is 41.5 Å². The minimum Gasteiger partial charge on any atom is -0.449 e. The van der Waals surface area contributed by atoms with Gasteiger partial charge in [-0.25, -0.2) is 4.79 Å². The highest BCUT2D eigenvalue weighted by molar-refractivity contribution is 8.77. The van der Waals surface area contributed by atoms with Crippen molar-refractivity contribution < 1.29 is 14.6 Å². The Morgan fingerprint density at radius 2 is 2.12 bits per heavy atom. The lowest BCUT2D eigenvalue weighted by atomic mass is 10.3. The number of nitrogens with one attached hydrogen (secondary N) is 1. The highest BCUT2D eigenvalue weighted by Gasteiger charge is 2.10. The molecule has 0 aromatic heterocycles. The predicted molar refractivity (Wildman–Crippen MR) is 70.9 cm³/mol. The van der Waals surface area contributed by atoms with Gasteiger partial charge in [-0.2, -0.15) is 0 Å². The van der Waals surface area contributed by atoms with E-state index < -0.39 is 6.09 Å². The Balaban J connectivity index is 3.28. The molecule has 0 saturated carbocycles. The molecule has 0 aliphatic rings. The van der Waals surface area contributed by atoms with Gasteiger partial charge in [0.15, 0.2) is 0 Å². The lowest BCUT2D eigenvalue weighted by Gasteiger charge is -2.16. The predicted octanol–water partition coefficient (Wildman–Crippen LogP) is 2.27. The van der Waals surface area contributed by atoms with E-state index in [1.54, 1.807) is 21.6 Å². The Bertz CT molecular complexity index is 195. The van der Waals surface area contributed by atoms with Crippen molar-refractivity contribution in [1.29, 1.82) is 0 Å². The molecule has 0 saturated heterocycles. The van der Waals surface area contributed by atoms with Gasteiger partial charge in [0.25, 0.3) is 0 Å². The number of carbonyl (C=O) groups excluding carboxylic acids is 1. The van der Waals surface area contributed by atoms with Crippen molar-refractivity contribution in [1.82, 2.24) is 5.32 Å². The van der Waals surface area contributed by atoms with Gasteiger partial charge in [-0.05, 0) is 6.42 Å². The van der Waals surface area contributed by atoms with Crippen molar-refractivity contribution in [3.05, 3.63) is 0 Å². The molecular weight excluding hydrogens is 246 g/mol. The van der Waals surface area contributed by atoms with Crippen molar-refractivity contribution in [2.24, 2.45) is 0 Å². The number of ether oxygens (including phenoxy) is 1. The molecule has 0 heterocycles. The van der Waals surface area contributed by atoms with Crippen LogP contribution in [0.3, 0.4) is 0 Å². The van der Waals surface area contributed by atoms with E-state index in [1.807, 2.05) is 0 Å².